The average molecular weight is 381 g/mol. The fourth-order valence-corrected chi connectivity index (χ4v) is 4.91. The Balaban J connectivity index is 1.70. The van der Waals surface area contributed by atoms with Crippen LogP contribution in [-0.2, 0) is 9.84 Å². The van der Waals surface area contributed by atoms with E-state index in [1.165, 1.54) is 0 Å². The molecule has 2 aromatic carbocycles. The largest absolute Gasteiger partial charge is 0.348 e. The summed E-state index contributed by atoms with van der Waals surface area (Å²) < 4.78 is 25.0. The van der Waals surface area contributed by atoms with Crippen LogP contribution in [0.25, 0.3) is 16.9 Å². The van der Waals surface area contributed by atoms with E-state index in [4.69, 9.17) is 0 Å². The number of amides is 1. The van der Waals surface area contributed by atoms with Crippen molar-refractivity contribution in [1.82, 2.24) is 15.1 Å². The molecule has 4 rings (SSSR count). The van der Waals surface area contributed by atoms with Gasteiger partial charge in [-0.2, -0.15) is 5.10 Å². The molecule has 0 radical (unpaired) electrons. The lowest BCUT2D eigenvalue weighted by Gasteiger charge is -2.10. The Morgan fingerprint density at radius 1 is 1.04 bits per heavy atom. The van der Waals surface area contributed by atoms with E-state index in [0.717, 1.165) is 11.3 Å². The summed E-state index contributed by atoms with van der Waals surface area (Å²) in [6.07, 6.45) is 2.14. The molecule has 0 aliphatic carbocycles. The van der Waals surface area contributed by atoms with E-state index < -0.39 is 9.84 Å². The number of nitrogens with one attached hydrogen (secondary N) is 1. The Bertz CT molecular complexity index is 1060. The highest BCUT2D eigenvalue weighted by Gasteiger charge is 2.30. The highest BCUT2D eigenvalue weighted by Crippen LogP contribution is 2.24. The molecule has 1 N–H and O–H groups in total. The molecule has 1 aliphatic heterocycles. The van der Waals surface area contributed by atoms with Gasteiger partial charge in [-0.1, -0.05) is 48.5 Å². The molecule has 1 aromatic heterocycles. The van der Waals surface area contributed by atoms with Crippen molar-refractivity contribution >= 4 is 15.7 Å². The van der Waals surface area contributed by atoms with Gasteiger partial charge < -0.3 is 5.32 Å². The first-order valence-electron chi connectivity index (χ1n) is 8.74. The van der Waals surface area contributed by atoms with Crippen LogP contribution in [0.1, 0.15) is 16.8 Å². The lowest BCUT2D eigenvalue weighted by Crippen LogP contribution is -2.35. The highest BCUT2D eigenvalue weighted by molar-refractivity contribution is 7.91. The second-order valence-corrected chi connectivity index (χ2v) is 8.84. The monoisotopic (exact) mass is 381 g/mol. The fraction of sp³-hybridized carbons (Fsp3) is 0.200. The van der Waals surface area contributed by atoms with Crippen molar-refractivity contribution in [3.63, 3.8) is 0 Å². The first kappa shape index (κ1) is 17.5. The van der Waals surface area contributed by atoms with Crippen LogP contribution in [0.5, 0.6) is 0 Å². The third-order valence-corrected chi connectivity index (χ3v) is 6.36. The topological polar surface area (TPSA) is 81.1 Å². The first-order chi connectivity index (χ1) is 13.0. The zero-order chi connectivity index (χ0) is 18.9. The van der Waals surface area contributed by atoms with Crippen LogP contribution in [0, 0.1) is 0 Å². The predicted molar refractivity (Wildman–Crippen MR) is 104 cm³/mol. The highest BCUT2D eigenvalue weighted by atomic mass is 32.2. The Labute approximate surface area is 157 Å². The molecule has 0 saturated carbocycles. The summed E-state index contributed by atoms with van der Waals surface area (Å²) in [7, 11) is -3.06. The van der Waals surface area contributed by atoms with Gasteiger partial charge in [-0.3, -0.25) is 4.79 Å². The quantitative estimate of drug-likeness (QED) is 0.753. The van der Waals surface area contributed by atoms with Crippen LogP contribution in [0.3, 0.4) is 0 Å². The Morgan fingerprint density at radius 2 is 1.70 bits per heavy atom. The van der Waals surface area contributed by atoms with Gasteiger partial charge in [-0.05, 0) is 18.6 Å². The molecule has 0 spiro atoms. The number of hydrogen-bond acceptors (Lipinski definition) is 4. The van der Waals surface area contributed by atoms with Crippen LogP contribution in [0.15, 0.2) is 66.9 Å². The van der Waals surface area contributed by atoms with Crippen LogP contribution in [0.2, 0.25) is 0 Å². The van der Waals surface area contributed by atoms with E-state index in [1.807, 2.05) is 60.7 Å². The third kappa shape index (κ3) is 3.78. The summed E-state index contributed by atoms with van der Waals surface area (Å²) >= 11 is 0. The Morgan fingerprint density at radius 3 is 2.33 bits per heavy atom. The minimum absolute atomic E-state index is 0.00771. The van der Waals surface area contributed by atoms with Crippen molar-refractivity contribution in [2.24, 2.45) is 0 Å². The second-order valence-electron chi connectivity index (χ2n) is 6.61. The lowest BCUT2D eigenvalue weighted by atomic mass is 10.1. The minimum atomic E-state index is -3.06. The van der Waals surface area contributed by atoms with Gasteiger partial charge in [0.2, 0.25) is 0 Å². The van der Waals surface area contributed by atoms with Crippen LogP contribution < -0.4 is 5.32 Å². The Kier molecular flexibility index (Phi) is 4.53. The molecule has 138 valence electrons. The number of carbonyl (C=O) groups excluding carboxylic acids is 1. The van der Waals surface area contributed by atoms with Gasteiger partial charge in [0, 0.05) is 17.8 Å². The Hall–Kier alpha value is -2.93. The van der Waals surface area contributed by atoms with E-state index in [9.17, 15) is 13.2 Å². The maximum Gasteiger partial charge on any atom is 0.255 e. The summed E-state index contributed by atoms with van der Waals surface area (Å²) in [6, 6.07) is 18.7. The fourth-order valence-electron chi connectivity index (χ4n) is 3.23. The van der Waals surface area contributed by atoms with Crippen molar-refractivity contribution in [2.75, 3.05) is 11.5 Å². The average Bonchev–Trinajstić information content (AvgIpc) is 3.27. The smallest absolute Gasteiger partial charge is 0.255 e. The number of hydrogen-bond donors (Lipinski definition) is 1. The molecule has 2 heterocycles. The lowest BCUT2D eigenvalue weighted by molar-refractivity contribution is 0.0942. The summed E-state index contributed by atoms with van der Waals surface area (Å²) in [5, 5.41) is 7.47. The normalized spacial score (nSPS) is 18.3. The first-order valence-corrected chi connectivity index (χ1v) is 10.6. The second kappa shape index (κ2) is 7.00. The van der Waals surface area contributed by atoms with Crippen molar-refractivity contribution in [3.8, 4) is 16.9 Å². The predicted octanol–water partition coefficient (Wildman–Crippen LogP) is 2.46. The third-order valence-electron chi connectivity index (χ3n) is 4.59. The number of carbonyl (C=O) groups is 1. The van der Waals surface area contributed by atoms with E-state index in [0.29, 0.717) is 17.7 Å². The maximum absolute atomic E-state index is 12.9. The molecule has 6 nitrogen and oxygen atoms in total. The minimum Gasteiger partial charge on any atom is -0.348 e. The SMILES string of the molecule is O=C(N[C@@H]1CCS(=O)(=O)C1)c1cn(-c2ccccc2)nc1-c1ccccc1. The molecule has 1 amide bonds. The molecule has 0 bridgehead atoms. The molecule has 1 fully saturated rings. The van der Waals surface area contributed by atoms with Crippen LogP contribution in [-0.4, -0.2) is 41.7 Å². The summed E-state index contributed by atoms with van der Waals surface area (Å²) in [4.78, 5) is 12.9. The van der Waals surface area contributed by atoms with Gasteiger partial charge >= 0.3 is 0 Å². The zero-order valence-electron chi connectivity index (χ0n) is 14.6. The molecule has 3 aromatic rings. The summed E-state index contributed by atoms with van der Waals surface area (Å²) in [6.45, 7) is 0. The van der Waals surface area contributed by atoms with Gasteiger partial charge in [0.15, 0.2) is 9.84 Å². The summed E-state index contributed by atoms with van der Waals surface area (Å²) in [5.74, 6) is -0.197. The number of sulfone groups is 1. The maximum atomic E-state index is 12.9. The zero-order valence-corrected chi connectivity index (χ0v) is 15.4. The standard InChI is InChI=1S/C20H19N3O3S/c24-20(21-16-11-12-27(25,26)14-16)18-13-23(17-9-5-2-6-10-17)22-19(18)15-7-3-1-4-8-15/h1-10,13,16H,11-12,14H2,(H,21,24)/t16-/m1/s1. The van der Waals surface area contributed by atoms with Gasteiger partial charge in [0.25, 0.3) is 5.91 Å². The van der Waals surface area contributed by atoms with Crippen molar-refractivity contribution in [2.45, 2.75) is 12.5 Å². The van der Waals surface area contributed by atoms with Crippen LogP contribution in [0.4, 0.5) is 0 Å². The molecule has 0 unspecified atom stereocenters. The van der Waals surface area contributed by atoms with E-state index in [1.54, 1.807) is 10.9 Å². The van der Waals surface area contributed by atoms with Crippen molar-refractivity contribution in [1.29, 1.82) is 0 Å². The van der Waals surface area contributed by atoms with E-state index >= 15 is 0 Å². The molecular formula is C20H19N3O3S. The number of benzene rings is 2. The summed E-state index contributed by atoms with van der Waals surface area (Å²) in [5.41, 5.74) is 2.67. The molecule has 7 heteroatoms. The number of nitrogens with zero attached hydrogens (tertiary/aromatic N) is 2. The van der Waals surface area contributed by atoms with Gasteiger partial charge in [-0.25, -0.2) is 13.1 Å². The van der Waals surface area contributed by atoms with E-state index in [-0.39, 0.29) is 23.5 Å². The van der Waals surface area contributed by atoms with Crippen molar-refractivity contribution < 1.29 is 13.2 Å². The number of para-hydroxylation sites is 1. The van der Waals surface area contributed by atoms with Gasteiger partial charge in [-0.15, -0.1) is 0 Å². The van der Waals surface area contributed by atoms with Crippen molar-refractivity contribution in [3.05, 3.63) is 72.4 Å². The van der Waals surface area contributed by atoms with E-state index in [2.05, 4.69) is 10.4 Å². The molecule has 1 saturated heterocycles. The molecule has 1 aliphatic rings. The number of aromatic nitrogens is 2. The molecular weight excluding hydrogens is 362 g/mol. The van der Waals surface area contributed by atoms with Gasteiger partial charge in [0.1, 0.15) is 5.69 Å². The van der Waals surface area contributed by atoms with Crippen LogP contribution >= 0.6 is 0 Å². The molecule has 27 heavy (non-hydrogen) atoms. The number of rotatable bonds is 4. The molecule has 1 atom stereocenters. The van der Waals surface area contributed by atoms with Gasteiger partial charge in [0.05, 0.1) is 22.8 Å².